The molecular weight excluding hydrogens is 284 g/mol. The van der Waals surface area contributed by atoms with Gasteiger partial charge in [-0.25, -0.2) is 9.97 Å². The van der Waals surface area contributed by atoms with Crippen LogP contribution in [0.25, 0.3) is 21.9 Å². The number of fused-ring (bicyclic) bond motifs is 3. The van der Waals surface area contributed by atoms with Crippen LogP contribution in [0.15, 0.2) is 30.6 Å². The summed E-state index contributed by atoms with van der Waals surface area (Å²) in [5, 5.41) is 21.0. The number of anilines is 1. The fraction of sp³-hybridized carbons (Fsp3) is 0.333. The second-order valence-corrected chi connectivity index (χ2v) is 5.46. The topological polar surface area (TPSA) is 106 Å². The maximum absolute atomic E-state index is 10.0. The molecule has 1 aliphatic rings. The largest absolute Gasteiger partial charge is 0.394 e. The van der Waals surface area contributed by atoms with Gasteiger partial charge in [-0.15, -0.1) is 0 Å². The molecule has 0 unspecified atom stereocenters. The van der Waals surface area contributed by atoms with Crippen LogP contribution in [0.3, 0.4) is 0 Å². The van der Waals surface area contributed by atoms with Gasteiger partial charge in [0, 0.05) is 11.8 Å². The van der Waals surface area contributed by atoms with Crippen LogP contribution >= 0.6 is 0 Å². The minimum absolute atomic E-state index is 0.216. The van der Waals surface area contributed by atoms with Gasteiger partial charge in [0.2, 0.25) is 0 Å². The molecule has 2 aromatic heterocycles. The van der Waals surface area contributed by atoms with Crippen molar-refractivity contribution < 1.29 is 14.9 Å². The average Bonchev–Trinajstić information content (AvgIpc) is 3.05. The minimum atomic E-state index is -0.703. The third-order valence-electron chi connectivity index (χ3n) is 4.19. The Morgan fingerprint density at radius 2 is 2.14 bits per heavy atom. The van der Waals surface area contributed by atoms with Crippen molar-refractivity contribution in [3.63, 3.8) is 0 Å². The van der Waals surface area contributed by atoms with Crippen molar-refractivity contribution >= 4 is 27.8 Å². The van der Waals surface area contributed by atoms with Crippen molar-refractivity contribution in [1.82, 2.24) is 14.5 Å². The molecule has 0 saturated carbocycles. The molecule has 1 aliphatic heterocycles. The fourth-order valence-electron chi connectivity index (χ4n) is 3.17. The summed E-state index contributed by atoms with van der Waals surface area (Å²) in [6, 6.07) is 7.77. The van der Waals surface area contributed by atoms with E-state index < -0.39 is 18.4 Å². The molecule has 0 spiro atoms. The van der Waals surface area contributed by atoms with Crippen LogP contribution in [0, 0.1) is 0 Å². The van der Waals surface area contributed by atoms with Crippen molar-refractivity contribution in [1.29, 1.82) is 0 Å². The molecular formula is C15H16N4O3. The van der Waals surface area contributed by atoms with Gasteiger partial charge in [-0.1, -0.05) is 18.2 Å². The van der Waals surface area contributed by atoms with Gasteiger partial charge in [0.15, 0.2) is 0 Å². The minimum Gasteiger partial charge on any atom is -0.394 e. The number of hydrogen-bond acceptors (Lipinski definition) is 6. The van der Waals surface area contributed by atoms with Gasteiger partial charge in [0.25, 0.3) is 0 Å². The number of nitrogens with zero attached hydrogens (tertiary/aromatic N) is 3. The zero-order valence-corrected chi connectivity index (χ0v) is 11.8. The molecule has 3 atom stereocenters. The number of aliphatic hydroxyl groups excluding tert-OH is 2. The van der Waals surface area contributed by atoms with Crippen molar-refractivity contribution in [2.24, 2.45) is 0 Å². The molecule has 4 rings (SSSR count). The SMILES string of the molecule is Nc1ncnc2c1c1ccccc1n2[C@H]1C[C@H](O)[C@@H](CO)O1. The summed E-state index contributed by atoms with van der Waals surface area (Å²) in [7, 11) is 0. The first-order valence-electron chi connectivity index (χ1n) is 7.14. The van der Waals surface area contributed by atoms with E-state index in [0.717, 1.165) is 16.3 Å². The second kappa shape index (κ2) is 4.91. The second-order valence-electron chi connectivity index (χ2n) is 5.46. The number of rotatable bonds is 2. The van der Waals surface area contributed by atoms with E-state index in [1.165, 1.54) is 6.33 Å². The Hall–Kier alpha value is -2.22. The summed E-state index contributed by atoms with van der Waals surface area (Å²) in [5.74, 6) is 0.414. The van der Waals surface area contributed by atoms with E-state index in [9.17, 15) is 10.2 Å². The van der Waals surface area contributed by atoms with Gasteiger partial charge in [0.1, 0.15) is 30.1 Å². The van der Waals surface area contributed by atoms with Crippen molar-refractivity contribution in [2.45, 2.75) is 24.9 Å². The molecule has 0 aliphatic carbocycles. The zero-order chi connectivity index (χ0) is 15.3. The van der Waals surface area contributed by atoms with Crippen LogP contribution in [0.2, 0.25) is 0 Å². The molecule has 1 saturated heterocycles. The predicted molar refractivity (Wildman–Crippen MR) is 81.1 cm³/mol. The molecule has 114 valence electrons. The Morgan fingerprint density at radius 1 is 1.32 bits per heavy atom. The molecule has 0 bridgehead atoms. The number of para-hydroxylation sites is 1. The maximum atomic E-state index is 10.0. The number of aromatic nitrogens is 3. The van der Waals surface area contributed by atoms with Crippen LogP contribution in [-0.2, 0) is 4.74 Å². The fourth-order valence-corrected chi connectivity index (χ4v) is 3.17. The first-order valence-corrected chi connectivity index (χ1v) is 7.14. The maximum Gasteiger partial charge on any atom is 0.148 e. The first kappa shape index (κ1) is 13.4. The average molecular weight is 300 g/mol. The number of hydrogen-bond donors (Lipinski definition) is 3. The lowest BCUT2D eigenvalue weighted by Gasteiger charge is -2.15. The van der Waals surface area contributed by atoms with Gasteiger partial charge < -0.3 is 20.7 Å². The highest BCUT2D eigenvalue weighted by atomic mass is 16.5. The number of nitrogen functional groups attached to an aromatic ring is 1. The van der Waals surface area contributed by atoms with E-state index in [4.69, 9.17) is 10.5 Å². The van der Waals surface area contributed by atoms with Gasteiger partial charge in [-0.2, -0.15) is 0 Å². The summed E-state index contributed by atoms with van der Waals surface area (Å²) >= 11 is 0. The van der Waals surface area contributed by atoms with Crippen LogP contribution in [0.4, 0.5) is 5.82 Å². The molecule has 4 N–H and O–H groups in total. The van der Waals surface area contributed by atoms with E-state index in [-0.39, 0.29) is 6.61 Å². The molecule has 1 fully saturated rings. The Kier molecular flexibility index (Phi) is 3.00. The molecule has 7 heteroatoms. The molecule has 22 heavy (non-hydrogen) atoms. The first-order chi connectivity index (χ1) is 10.7. The quantitative estimate of drug-likeness (QED) is 0.646. The highest BCUT2D eigenvalue weighted by Crippen LogP contribution is 2.37. The van der Waals surface area contributed by atoms with E-state index in [0.29, 0.717) is 17.9 Å². The monoisotopic (exact) mass is 300 g/mol. The number of ether oxygens (including phenoxy) is 1. The van der Waals surface area contributed by atoms with Crippen molar-refractivity contribution in [2.75, 3.05) is 12.3 Å². The van der Waals surface area contributed by atoms with Crippen molar-refractivity contribution in [3.8, 4) is 0 Å². The molecule has 0 amide bonds. The van der Waals surface area contributed by atoms with Crippen molar-refractivity contribution in [3.05, 3.63) is 30.6 Å². The van der Waals surface area contributed by atoms with Gasteiger partial charge in [0.05, 0.1) is 23.6 Å². The van der Waals surface area contributed by atoms with Gasteiger partial charge >= 0.3 is 0 Å². The summed E-state index contributed by atoms with van der Waals surface area (Å²) in [4.78, 5) is 8.41. The highest BCUT2D eigenvalue weighted by Gasteiger charge is 2.36. The van der Waals surface area contributed by atoms with Crippen LogP contribution in [0.5, 0.6) is 0 Å². The van der Waals surface area contributed by atoms with E-state index in [1.54, 1.807) is 0 Å². The standard InChI is InChI=1S/C15H16N4O3/c16-14-13-8-3-1-2-4-9(8)19(15(13)18-7-17-14)12-5-10(21)11(6-20)22-12/h1-4,7,10-12,20-21H,5-6H2,(H2,16,17,18)/t10-,11+,12+/m0/s1. The Labute approximate surface area is 126 Å². The summed E-state index contributed by atoms with van der Waals surface area (Å²) in [5.41, 5.74) is 7.61. The van der Waals surface area contributed by atoms with Crippen LogP contribution in [-0.4, -0.2) is 43.6 Å². The molecule has 0 radical (unpaired) electrons. The van der Waals surface area contributed by atoms with E-state index >= 15 is 0 Å². The molecule has 3 aromatic rings. The predicted octanol–water partition coefficient (Wildman–Crippen LogP) is 0.807. The lowest BCUT2D eigenvalue weighted by atomic mass is 10.2. The smallest absolute Gasteiger partial charge is 0.148 e. The van der Waals surface area contributed by atoms with Crippen LogP contribution < -0.4 is 5.73 Å². The summed E-state index contributed by atoms with van der Waals surface area (Å²) in [6.07, 6.45) is 0.125. The Balaban J connectivity index is 1.98. The highest BCUT2D eigenvalue weighted by molar-refractivity contribution is 6.11. The number of nitrogens with two attached hydrogens (primary N) is 1. The summed E-state index contributed by atoms with van der Waals surface area (Å²) in [6.45, 7) is -0.216. The normalized spacial score (nSPS) is 25.3. The molecule has 3 heterocycles. The lowest BCUT2D eigenvalue weighted by Crippen LogP contribution is -2.24. The number of aliphatic hydroxyl groups is 2. The Bertz CT molecular complexity index is 847. The number of benzene rings is 1. The van der Waals surface area contributed by atoms with E-state index in [1.807, 2.05) is 28.8 Å². The van der Waals surface area contributed by atoms with Crippen LogP contribution in [0.1, 0.15) is 12.6 Å². The molecule has 1 aromatic carbocycles. The Morgan fingerprint density at radius 3 is 2.91 bits per heavy atom. The zero-order valence-electron chi connectivity index (χ0n) is 11.8. The molecule has 7 nitrogen and oxygen atoms in total. The van der Waals surface area contributed by atoms with Gasteiger partial charge in [-0.3, -0.25) is 4.57 Å². The third-order valence-corrected chi connectivity index (χ3v) is 4.19. The third kappa shape index (κ3) is 1.80. The van der Waals surface area contributed by atoms with Gasteiger partial charge in [-0.05, 0) is 6.07 Å². The van der Waals surface area contributed by atoms with E-state index in [2.05, 4.69) is 9.97 Å². The summed E-state index contributed by atoms with van der Waals surface area (Å²) < 4.78 is 7.70. The lowest BCUT2D eigenvalue weighted by molar-refractivity contribution is -0.0417.